The molecule has 2 amide bonds. The average molecular weight is 389 g/mol. The van der Waals surface area contributed by atoms with Gasteiger partial charge in [0.15, 0.2) is 0 Å². The van der Waals surface area contributed by atoms with Crippen LogP contribution in [-0.2, 0) is 9.53 Å². The molecule has 2 saturated heterocycles. The Morgan fingerprint density at radius 1 is 1.07 bits per heavy atom. The summed E-state index contributed by atoms with van der Waals surface area (Å²) in [6, 6.07) is 6.93. The molecule has 28 heavy (non-hydrogen) atoms. The van der Waals surface area contributed by atoms with Crippen molar-refractivity contribution in [2.75, 3.05) is 39.5 Å². The Morgan fingerprint density at radius 2 is 1.86 bits per heavy atom. The molecule has 2 aliphatic heterocycles. The zero-order chi connectivity index (χ0) is 19.9. The highest BCUT2D eigenvalue weighted by molar-refractivity contribution is 6.00. The summed E-state index contributed by atoms with van der Waals surface area (Å²) in [7, 11) is 0. The van der Waals surface area contributed by atoms with Crippen molar-refractivity contribution in [3.05, 3.63) is 29.8 Å². The number of piperidine rings is 1. The van der Waals surface area contributed by atoms with Crippen LogP contribution >= 0.6 is 0 Å². The molecule has 0 N–H and O–H groups in total. The van der Waals surface area contributed by atoms with Crippen LogP contribution in [0.25, 0.3) is 0 Å². The number of hydrogen-bond acceptors (Lipinski definition) is 4. The van der Waals surface area contributed by atoms with Gasteiger partial charge in [0, 0.05) is 26.2 Å². The standard InChI is InChI=1S/C22H32N2O4/c1-3-27-16-17-9-7-13-23(15-17)22(26)19-11-8-14-24(19)21(25)18-10-5-6-12-20(18)28-4-2/h5-6,10,12,17,19H,3-4,7-9,11,13-16H2,1-2H3. The molecule has 6 nitrogen and oxygen atoms in total. The van der Waals surface area contributed by atoms with Crippen molar-refractivity contribution in [3.8, 4) is 5.75 Å². The van der Waals surface area contributed by atoms with Crippen molar-refractivity contribution >= 4 is 11.8 Å². The number of carbonyl (C=O) groups excluding carboxylic acids is 2. The molecule has 3 rings (SSSR count). The summed E-state index contributed by atoms with van der Waals surface area (Å²) >= 11 is 0. The zero-order valence-corrected chi connectivity index (χ0v) is 17.1. The van der Waals surface area contributed by atoms with Crippen molar-refractivity contribution in [1.29, 1.82) is 0 Å². The Kier molecular flexibility index (Phi) is 7.31. The fourth-order valence-electron chi connectivity index (χ4n) is 4.24. The first-order valence-corrected chi connectivity index (χ1v) is 10.5. The molecule has 2 heterocycles. The predicted molar refractivity (Wildman–Crippen MR) is 107 cm³/mol. The van der Waals surface area contributed by atoms with E-state index in [9.17, 15) is 9.59 Å². The van der Waals surface area contributed by atoms with Crippen molar-refractivity contribution in [3.63, 3.8) is 0 Å². The van der Waals surface area contributed by atoms with Gasteiger partial charge in [0.05, 0.1) is 18.8 Å². The molecule has 2 aliphatic rings. The van der Waals surface area contributed by atoms with Gasteiger partial charge in [-0.05, 0) is 57.6 Å². The SMILES string of the molecule is CCOCC1CCCN(C(=O)C2CCCN2C(=O)c2ccccc2OCC)C1. The van der Waals surface area contributed by atoms with Gasteiger partial charge in [-0.1, -0.05) is 12.1 Å². The van der Waals surface area contributed by atoms with E-state index in [4.69, 9.17) is 9.47 Å². The summed E-state index contributed by atoms with van der Waals surface area (Å²) < 4.78 is 11.2. The molecule has 0 aliphatic carbocycles. The highest BCUT2D eigenvalue weighted by Gasteiger charge is 2.38. The van der Waals surface area contributed by atoms with Gasteiger partial charge in [-0.3, -0.25) is 9.59 Å². The van der Waals surface area contributed by atoms with Crippen LogP contribution in [0, 0.1) is 5.92 Å². The normalized spacial score (nSPS) is 22.4. The van der Waals surface area contributed by atoms with Gasteiger partial charge in [0.1, 0.15) is 11.8 Å². The highest BCUT2D eigenvalue weighted by atomic mass is 16.5. The molecule has 1 aromatic rings. The fourth-order valence-corrected chi connectivity index (χ4v) is 4.24. The summed E-state index contributed by atoms with van der Waals surface area (Å²) in [5, 5.41) is 0. The lowest BCUT2D eigenvalue weighted by atomic mass is 9.98. The minimum atomic E-state index is -0.368. The summed E-state index contributed by atoms with van der Waals surface area (Å²) in [6.07, 6.45) is 3.68. The Labute approximate surface area is 167 Å². The number of rotatable bonds is 7. The van der Waals surface area contributed by atoms with Crippen LogP contribution in [0.5, 0.6) is 5.75 Å². The molecule has 2 fully saturated rings. The van der Waals surface area contributed by atoms with Crippen molar-refractivity contribution in [2.24, 2.45) is 5.92 Å². The van der Waals surface area contributed by atoms with Gasteiger partial charge in [-0.25, -0.2) is 0 Å². The number of benzene rings is 1. The van der Waals surface area contributed by atoms with E-state index in [0.29, 0.717) is 43.6 Å². The number of likely N-dealkylation sites (tertiary alicyclic amines) is 2. The number of para-hydroxylation sites is 1. The lowest BCUT2D eigenvalue weighted by molar-refractivity contribution is -0.137. The smallest absolute Gasteiger partial charge is 0.258 e. The van der Waals surface area contributed by atoms with Gasteiger partial charge in [0.25, 0.3) is 5.91 Å². The van der Waals surface area contributed by atoms with Crippen LogP contribution in [0.3, 0.4) is 0 Å². The van der Waals surface area contributed by atoms with E-state index in [1.165, 1.54) is 0 Å². The van der Waals surface area contributed by atoms with Crippen LogP contribution in [-0.4, -0.2) is 67.1 Å². The number of hydrogen-bond donors (Lipinski definition) is 0. The van der Waals surface area contributed by atoms with Crippen LogP contribution in [0.2, 0.25) is 0 Å². The van der Waals surface area contributed by atoms with Crippen LogP contribution in [0.4, 0.5) is 0 Å². The summed E-state index contributed by atoms with van der Waals surface area (Å²) in [5.74, 6) is 0.952. The van der Waals surface area contributed by atoms with E-state index in [-0.39, 0.29) is 17.9 Å². The minimum Gasteiger partial charge on any atom is -0.493 e. The third-order valence-corrected chi connectivity index (χ3v) is 5.60. The summed E-state index contributed by atoms with van der Waals surface area (Å²) in [6.45, 7) is 7.92. The van der Waals surface area contributed by atoms with Crippen LogP contribution in [0.1, 0.15) is 49.9 Å². The highest BCUT2D eigenvalue weighted by Crippen LogP contribution is 2.27. The number of carbonyl (C=O) groups is 2. The molecule has 1 aromatic carbocycles. The van der Waals surface area contributed by atoms with Crippen molar-refractivity contribution in [2.45, 2.75) is 45.6 Å². The Hall–Kier alpha value is -2.08. The Morgan fingerprint density at radius 3 is 2.64 bits per heavy atom. The quantitative estimate of drug-likeness (QED) is 0.721. The molecule has 0 aromatic heterocycles. The molecular weight excluding hydrogens is 356 g/mol. The molecule has 6 heteroatoms. The fraction of sp³-hybridized carbons (Fsp3) is 0.636. The maximum atomic E-state index is 13.2. The molecule has 0 saturated carbocycles. The first-order chi connectivity index (χ1) is 13.7. The van der Waals surface area contributed by atoms with Gasteiger partial charge in [-0.15, -0.1) is 0 Å². The molecule has 0 radical (unpaired) electrons. The number of amides is 2. The summed E-state index contributed by atoms with van der Waals surface area (Å²) in [4.78, 5) is 30.1. The number of ether oxygens (including phenoxy) is 2. The Bertz CT molecular complexity index is 678. The number of nitrogens with zero attached hydrogens (tertiary/aromatic N) is 2. The van der Waals surface area contributed by atoms with Crippen LogP contribution < -0.4 is 4.74 Å². The molecule has 0 spiro atoms. The molecule has 154 valence electrons. The van der Waals surface area contributed by atoms with E-state index in [1.54, 1.807) is 11.0 Å². The van der Waals surface area contributed by atoms with Gasteiger partial charge in [-0.2, -0.15) is 0 Å². The van der Waals surface area contributed by atoms with Crippen LogP contribution in [0.15, 0.2) is 24.3 Å². The first-order valence-electron chi connectivity index (χ1n) is 10.5. The summed E-state index contributed by atoms with van der Waals surface area (Å²) in [5.41, 5.74) is 0.539. The topological polar surface area (TPSA) is 59.1 Å². The molecule has 0 bridgehead atoms. The Balaban J connectivity index is 1.70. The lowest BCUT2D eigenvalue weighted by Gasteiger charge is -2.36. The zero-order valence-electron chi connectivity index (χ0n) is 17.1. The lowest BCUT2D eigenvalue weighted by Crippen LogP contribution is -2.51. The van der Waals surface area contributed by atoms with E-state index in [1.807, 2.05) is 36.9 Å². The van der Waals surface area contributed by atoms with E-state index >= 15 is 0 Å². The molecular formula is C22H32N2O4. The molecule has 2 unspecified atom stereocenters. The second-order valence-corrected chi connectivity index (χ2v) is 7.54. The largest absolute Gasteiger partial charge is 0.493 e. The second kappa shape index (κ2) is 9.92. The maximum Gasteiger partial charge on any atom is 0.258 e. The first kappa shape index (κ1) is 20.6. The van der Waals surface area contributed by atoms with E-state index in [2.05, 4.69) is 0 Å². The predicted octanol–water partition coefficient (Wildman–Crippen LogP) is 2.97. The third-order valence-electron chi connectivity index (χ3n) is 5.60. The van der Waals surface area contributed by atoms with E-state index in [0.717, 1.165) is 38.8 Å². The molecule has 2 atom stereocenters. The van der Waals surface area contributed by atoms with Gasteiger partial charge in [0.2, 0.25) is 5.91 Å². The monoisotopic (exact) mass is 388 g/mol. The van der Waals surface area contributed by atoms with Gasteiger partial charge < -0.3 is 19.3 Å². The van der Waals surface area contributed by atoms with E-state index < -0.39 is 0 Å². The third kappa shape index (κ3) is 4.66. The van der Waals surface area contributed by atoms with Crippen molar-refractivity contribution in [1.82, 2.24) is 9.80 Å². The minimum absolute atomic E-state index is 0.0842. The second-order valence-electron chi connectivity index (χ2n) is 7.54. The van der Waals surface area contributed by atoms with Gasteiger partial charge >= 0.3 is 0 Å². The maximum absolute atomic E-state index is 13.2. The van der Waals surface area contributed by atoms with Crippen molar-refractivity contribution < 1.29 is 19.1 Å². The average Bonchev–Trinajstić information content (AvgIpc) is 3.22.